The predicted octanol–water partition coefficient (Wildman–Crippen LogP) is 0.694. The number of carbonyl (C=O) groups excluding carboxylic acids is 1. The van der Waals surface area contributed by atoms with E-state index >= 15 is 0 Å². The van der Waals surface area contributed by atoms with Crippen molar-refractivity contribution >= 4 is 5.97 Å². The third kappa shape index (κ3) is 3.44. The summed E-state index contributed by atoms with van der Waals surface area (Å²) in [7, 11) is 1.06. The molecule has 9 heteroatoms. The number of halogens is 3. The summed E-state index contributed by atoms with van der Waals surface area (Å²) < 4.78 is 42.2. The summed E-state index contributed by atoms with van der Waals surface area (Å²) in [6.07, 6.45) is -9.01. The monoisotopic (exact) mass is 282 g/mol. The number of hydrogen-bond donors (Lipinski definition) is 3. The maximum atomic E-state index is 12.6. The van der Waals surface area contributed by atoms with Crippen LogP contribution in [0.25, 0.3) is 0 Å². The van der Waals surface area contributed by atoms with E-state index in [1.54, 1.807) is 0 Å². The van der Waals surface area contributed by atoms with Crippen LogP contribution in [0.2, 0.25) is 0 Å². The number of alkyl halides is 3. The van der Waals surface area contributed by atoms with Gasteiger partial charge in [0.05, 0.1) is 19.6 Å². The average molecular weight is 282 g/mol. The fourth-order valence-corrected chi connectivity index (χ4v) is 1.57. The van der Waals surface area contributed by atoms with Crippen molar-refractivity contribution in [2.75, 3.05) is 7.11 Å². The van der Waals surface area contributed by atoms with E-state index < -0.39 is 42.0 Å². The van der Waals surface area contributed by atoms with Gasteiger partial charge in [-0.3, -0.25) is 9.89 Å². The van der Waals surface area contributed by atoms with Gasteiger partial charge in [-0.05, 0) is 6.92 Å². The van der Waals surface area contributed by atoms with Crippen LogP contribution in [0.3, 0.4) is 0 Å². The van der Waals surface area contributed by atoms with Gasteiger partial charge in [-0.2, -0.15) is 18.3 Å². The lowest BCUT2D eigenvalue weighted by molar-refractivity contribution is -0.146. The zero-order valence-electron chi connectivity index (χ0n) is 10.2. The fraction of sp³-hybridized carbons (Fsp3) is 0.600. The molecule has 2 unspecified atom stereocenters. The van der Waals surface area contributed by atoms with Crippen molar-refractivity contribution in [2.24, 2.45) is 0 Å². The Morgan fingerprint density at radius 2 is 2.05 bits per heavy atom. The van der Waals surface area contributed by atoms with Crippen LogP contribution in [0.15, 0.2) is 0 Å². The van der Waals surface area contributed by atoms with E-state index in [1.807, 2.05) is 0 Å². The number of methoxy groups -OCH3 is 1. The van der Waals surface area contributed by atoms with Crippen molar-refractivity contribution in [1.29, 1.82) is 0 Å². The van der Waals surface area contributed by atoms with E-state index in [9.17, 15) is 28.2 Å². The molecule has 0 saturated heterocycles. The van der Waals surface area contributed by atoms with Gasteiger partial charge in [-0.25, -0.2) is 0 Å². The number of rotatable bonds is 4. The summed E-state index contributed by atoms with van der Waals surface area (Å²) in [5.74, 6) is -0.846. The molecule has 2 atom stereocenters. The number of carbonyl (C=O) groups is 1. The Morgan fingerprint density at radius 1 is 1.47 bits per heavy atom. The third-order valence-corrected chi connectivity index (χ3v) is 2.53. The summed E-state index contributed by atoms with van der Waals surface area (Å²) in [6.45, 7) is 1.27. The van der Waals surface area contributed by atoms with Crippen molar-refractivity contribution in [2.45, 2.75) is 31.7 Å². The van der Waals surface area contributed by atoms with Crippen LogP contribution in [0.4, 0.5) is 13.2 Å². The highest BCUT2D eigenvalue weighted by atomic mass is 19.4. The summed E-state index contributed by atoms with van der Waals surface area (Å²) >= 11 is 0. The Hall–Kier alpha value is -1.61. The van der Waals surface area contributed by atoms with E-state index in [0.29, 0.717) is 0 Å². The largest absolute Gasteiger partial charge is 0.469 e. The molecule has 108 valence electrons. The quantitative estimate of drug-likeness (QED) is 0.706. The number of nitrogens with one attached hydrogen (secondary N) is 1. The molecule has 0 aliphatic rings. The molecule has 0 aliphatic heterocycles. The van der Waals surface area contributed by atoms with Gasteiger partial charge in [0.15, 0.2) is 5.69 Å². The average Bonchev–Trinajstić information content (AvgIpc) is 2.69. The Labute approximate surface area is 106 Å². The number of hydrogen-bond acceptors (Lipinski definition) is 5. The Kier molecular flexibility index (Phi) is 4.53. The summed E-state index contributed by atoms with van der Waals surface area (Å²) in [4.78, 5) is 10.9. The molecular weight excluding hydrogens is 269 g/mol. The molecular formula is C10H13F3N2O4. The van der Waals surface area contributed by atoms with Crippen molar-refractivity contribution in [1.82, 2.24) is 10.2 Å². The lowest BCUT2D eigenvalue weighted by Crippen LogP contribution is -2.25. The number of esters is 1. The molecule has 0 bridgehead atoms. The van der Waals surface area contributed by atoms with Gasteiger partial charge in [0.1, 0.15) is 6.10 Å². The van der Waals surface area contributed by atoms with Crippen molar-refractivity contribution in [3.63, 3.8) is 0 Å². The van der Waals surface area contributed by atoms with Gasteiger partial charge in [0, 0.05) is 11.3 Å². The second-order valence-corrected chi connectivity index (χ2v) is 3.90. The first-order valence-electron chi connectivity index (χ1n) is 5.23. The van der Waals surface area contributed by atoms with Crippen molar-refractivity contribution in [3.05, 3.63) is 17.0 Å². The van der Waals surface area contributed by atoms with Gasteiger partial charge in [-0.1, -0.05) is 0 Å². The minimum absolute atomic E-state index is 0.0382. The number of aryl methyl sites for hydroxylation is 1. The first-order valence-corrected chi connectivity index (χ1v) is 5.23. The standard InChI is InChI=1S/C10H13F3N2O4/c1-4-7(9(15-14-4)10(11,12)13)8(18)5(16)3-6(17)19-2/h5,8,16,18H,3H2,1-2H3,(H,14,15). The fourth-order valence-electron chi connectivity index (χ4n) is 1.57. The number of ether oxygens (including phenoxy) is 1. The molecule has 0 saturated carbocycles. The third-order valence-electron chi connectivity index (χ3n) is 2.53. The first-order chi connectivity index (χ1) is 8.68. The Bertz CT molecular complexity index is 458. The molecule has 0 spiro atoms. The van der Waals surface area contributed by atoms with Gasteiger partial charge in [-0.15, -0.1) is 0 Å². The SMILES string of the molecule is COC(=O)CC(O)C(O)c1c(C(F)(F)F)n[nH]c1C. The van der Waals surface area contributed by atoms with Gasteiger partial charge in [0.25, 0.3) is 0 Å². The topological polar surface area (TPSA) is 95.4 Å². The van der Waals surface area contributed by atoms with Crippen molar-refractivity contribution in [3.8, 4) is 0 Å². The lowest BCUT2D eigenvalue weighted by atomic mass is 10.00. The molecule has 1 heterocycles. The highest BCUT2D eigenvalue weighted by Crippen LogP contribution is 2.35. The Balaban J connectivity index is 3.02. The molecule has 19 heavy (non-hydrogen) atoms. The molecule has 0 fully saturated rings. The van der Waals surface area contributed by atoms with E-state index in [-0.39, 0.29) is 5.69 Å². The molecule has 0 amide bonds. The number of aliphatic hydroxyl groups is 2. The summed E-state index contributed by atoms with van der Waals surface area (Å²) in [5.41, 5.74) is -1.94. The number of H-pyrrole nitrogens is 1. The maximum absolute atomic E-state index is 12.6. The first kappa shape index (κ1) is 15.4. The summed E-state index contributed by atoms with van der Waals surface area (Å²) in [6, 6.07) is 0. The molecule has 1 rings (SSSR count). The van der Waals surface area contributed by atoms with Crippen LogP contribution in [0, 0.1) is 6.92 Å². The highest BCUT2D eigenvalue weighted by Gasteiger charge is 2.40. The minimum Gasteiger partial charge on any atom is -0.469 e. The molecule has 1 aromatic rings. The van der Waals surface area contributed by atoms with Crippen LogP contribution >= 0.6 is 0 Å². The molecule has 0 aliphatic carbocycles. The van der Waals surface area contributed by atoms with E-state index in [0.717, 1.165) is 7.11 Å². The zero-order chi connectivity index (χ0) is 14.8. The molecule has 0 radical (unpaired) electrons. The number of aromatic amines is 1. The zero-order valence-corrected chi connectivity index (χ0v) is 10.2. The van der Waals surface area contributed by atoms with Gasteiger partial charge in [0.2, 0.25) is 0 Å². The number of aromatic nitrogens is 2. The van der Waals surface area contributed by atoms with E-state index in [4.69, 9.17) is 0 Å². The number of aliphatic hydroxyl groups excluding tert-OH is 2. The molecule has 1 aromatic heterocycles. The minimum atomic E-state index is -4.77. The Morgan fingerprint density at radius 3 is 2.53 bits per heavy atom. The maximum Gasteiger partial charge on any atom is 0.435 e. The van der Waals surface area contributed by atoms with Crippen LogP contribution in [-0.4, -0.2) is 39.6 Å². The lowest BCUT2D eigenvalue weighted by Gasteiger charge is -2.18. The predicted molar refractivity (Wildman–Crippen MR) is 55.9 cm³/mol. The summed E-state index contributed by atoms with van der Waals surface area (Å²) in [5, 5.41) is 24.4. The second kappa shape index (κ2) is 5.57. The second-order valence-electron chi connectivity index (χ2n) is 3.90. The highest BCUT2D eigenvalue weighted by molar-refractivity contribution is 5.69. The van der Waals surface area contributed by atoms with Crippen LogP contribution in [0.5, 0.6) is 0 Å². The van der Waals surface area contributed by atoms with Gasteiger partial charge < -0.3 is 14.9 Å². The van der Waals surface area contributed by atoms with Crippen molar-refractivity contribution < 1.29 is 32.9 Å². The van der Waals surface area contributed by atoms with Crippen LogP contribution in [-0.2, 0) is 15.7 Å². The number of nitrogens with zero attached hydrogens (tertiary/aromatic N) is 1. The van der Waals surface area contributed by atoms with Crippen LogP contribution in [0.1, 0.15) is 29.5 Å². The normalized spacial score (nSPS) is 15.1. The van der Waals surface area contributed by atoms with E-state index in [1.165, 1.54) is 6.92 Å². The molecule has 6 nitrogen and oxygen atoms in total. The van der Waals surface area contributed by atoms with Gasteiger partial charge >= 0.3 is 12.1 Å². The molecule has 3 N–H and O–H groups in total. The smallest absolute Gasteiger partial charge is 0.435 e. The van der Waals surface area contributed by atoms with Crippen LogP contribution < -0.4 is 0 Å². The molecule has 0 aromatic carbocycles. The van der Waals surface area contributed by atoms with E-state index in [2.05, 4.69) is 14.9 Å².